The highest BCUT2D eigenvalue weighted by molar-refractivity contribution is 5.92. The SMILES string of the molecule is CCOC(=O)c1ccc(F)cc1Oc1cccc(OC)c1. The topological polar surface area (TPSA) is 44.8 Å². The number of esters is 1. The molecule has 0 bridgehead atoms. The Hall–Kier alpha value is -2.56. The van der Waals surface area contributed by atoms with Gasteiger partial charge in [0.1, 0.15) is 28.6 Å². The van der Waals surface area contributed by atoms with E-state index in [0.717, 1.165) is 6.07 Å². The van der Waals surface area contributed by atoms with Crippen molar-refractivity contribution >= 4 is 5.97 Å². The van der Waals surface area contributed by atoms with Gasteiger partial charge in [-0.15, -0.1) is 0 Å². The van der Waals surface area contributed by atoms with Gasteiger partial charge in [-0.2, -0.15) is 0 Å². The van der Waals surface area contributed by atoms with Crippen LogP contribution in [0, 0.1) is 5.82 Å². The summed E-state index contributed by atoms with van der Waals surface area (Å²) >= 11 is 0. The minimum Gasteiger partial charge on any atom is -0.497 e. The third kappa shape index (κ3) is 3.72. The maximum atomic E-state index is 13.4. The zero-order chi connectivity index (χ0) is 15.2. The molecule has 0 radical (unpaired) electrons. The Balaban J connectivity index is 2.33. The van der Waals surface area contributed by atoms with Crippen LogP contribution >= 0.6 is 0 Å². The minimum absolute atomic E-state index is 0.0988. The molecule has 0 aliphatic heterocycles. The third-order valence-electron chi connectivity index (χ3n) is 2.71. The molecule has 0 saturated heterocycles. The molecule has 0 aromatic heterocycles. The molecule has 0 aliphatic carbocycles. The molecule has 2 aromatic rings. The van der Waals surface area contributed by atoms with Gasteiger partial charge in [0.2, 0.25) is 0 Å². The van der Waals surface area contributed by atoms with Gasteiger partial charge in [0.05, 0.1) is 13.7 Å². The predicted octanol–water partition coefficient (Wildman–Crippen LogP) is 3.80. The smallest absolute Gasteiger partial charge is 0.341 e. The van der Waals surface area contributed by atoms with Gasteiger partial charge in [0, 0.05) is 12.1 Å². The monoisotopic (exact) mass is 290 g/mol. The van der Waals surface area contributed by atoms with Gasteiger partial charge in [-0.3, -0.25) is 0 Å². The van der Waals surface area contributed by atoms with Crippen LogP contribution in [0.15, 0.2) is 42.5 Å². The Labute approximate surface area is 122 Å². The zero-order valence-corrected chi connectivity index (χ0v) is 11.8. The fourth-order valence-corrected chi connectivity index (χ4v) is 1.75. The summed E-state index contributed by atoms with van der Waals surface area (Å²) < 4.78 is 29.0. The van der Waals surface area contributed by atoms with Crippen LogP contribution in [0.3, 0.4) is 0 Å². The van der Waals surface area contributed by atoms with Crippen molar-refractivity contribution in [3.63, 3.8) is 0 Å². The van der Waals surface area contributed by atoms with E-state index in [9.17, 15) is 9.18 Å². The van der Waals surface area contributed by atoms with Crippen molar-refractivity contribution in [1.29, 1.82) is 0 Å². The molecule has 21 heavy (non-hydrogen) atoms. The minimum atomic E-state index is -0.560. The van der Waals surface area contributed by atoms with Crippen LogP contribution in [0.5, 0.6) is 17.2 Å². The van der Waals surface area contributed by atoms with Crippen molar-refractivity contribution in [2.75, 3.05) is 13.7 Å². The van der Waals surface area contributed by atoms with Crippen LogP contribution in [0.4, 0.5) is 4.39 Å². The largest absolute Gasteiger partial charge is 0.497 e. The summed E-state index contributed by atoms with van der Waals surface area (Å²) in [7, 11) is 1.53. The molecule has 0 saturated carbocycles. The number of methoxy groups -OCH3 is 1. The fourth-order valence-electron chi connectivity index (χ4n) is 1.75. The average Bonchev–Trinajstić information content (AvgIpc) is 2.48. The summed E-state index contributed by atoms with van der Waals surface area (Å²) in [4.78, 5) is 11.8. The summed E-state index contributed by atoms with van der Waals surface area (Å²) in [6.07, 6.45) is 0. The highest BCUT2D eigenvalue weighted by Crippen LogP contribution is 2.29. The number of carbonyl (C=O) groups excluding carboxylic acids is 1. The van der Waals surface area contributed by atoms with Crippen LogP contribution in [0.25, 0.3) is 0 Å². The van der Waals surface area contributed by atoms with E-state index >= 15 is 0 Å². The molecule has 0 fully saturated rings. The van der Waals surface area contributed by atoms with Gasteiger partial charge in [-0.1, -0.05) is 6.07 Å². The molecule has 0 atom stereocenters. The van der Waals surface area contributed by atoms with Gasteiger partial charge in [-0.05, 0) is 31.2 Å². The number of halogens is 1. The van der Waals surface area contributed by atoms with E-state index in [0.29, 0.717) is 11.5 Å². The van der Waals surface area contributed by atoms with E-state index < -0.39 is 11.8 Å². The second kappa shape index (κ2) is 6.74. The Morgan fingerprint density at radius 2 is 1.90 bits per heavy atom. The number of benzene rings is 2. The number of ether oxygens (including phenoxy) is 3. The van der Waals surface area contributed by atoms with Gasteiger partial charge in [-0.25, -0.2) is 9.18 Å². The van der Waals surface area contributed by atoms with E-state index in [1.807, 2.05) is 0 Å². The Bertz CT molecular complexity index is 640. The maximum absolute atomic E-state index is 13.4. The molecule has 2 rings (SSSR count). The van der Waals surface area contributed by atoms with E-state index in [1.165, 1.54) is 19.2 Å². The molecule has 0 unspecified atom stereocenters. The van der Waals surface area contributed by atoms with Crippen molar-refractivity contribution in [3.05, 3.63) is 53.8 Å². The highest BCUT2D eigenvalue weighted by Gasteiger charge is 2.15. The first-order chi connectivity index (χ1) is 10.1. The standard InChI is InChI=1S/C16H15FO4/c1-3-20-16(18)14-8-7-11(17)9-15(14)21-13-6-4-5-12(10-13)19-2/h4-10H,3H2,1-2H3. The molecule has 0 spiro atoms. The molecule has 5 heteroatoms. The molecular weight excluding hydrogens is 275 g/mol. The van der Waals surface area contributed by atoms with E-state index in [-0.39, 0.29) is 17.9 Å². The molecule has 0 amide bonds. The lowest BCUT2D eigenvalue weighted by Gasteiger charge is -2.11. The summed E-state index contributed by atoms with van der Waals surface area (Å²) in [6, 6.07) is 10.5. The van der Waals surface area contributed by atoms with E-state index in [1.54, 1.807) is 31.2 Å². The lowest BCUT2D eigenvalue weighted by atomic mass is 10.2. The lowest BCUT2D eigenvalue weighted by molar-refractivity contribution is 0.0523. The highest BCUT2D eigenvalue weighted by atomic mass is 19.1. The summed E-state index contributed by atoms with van der Waals surface area (Å²) in [5.41, 5.74) is 0.168. The Morgan fingerprint density at radius 3 is 2.62 bits per heavy atom. The number of carbonyl (C=O) groups is 1. The Morgan fingerprint density at radius 1 is 1.14 bits per heavy atom. The van der Waals surface area contributed by atoms with Crippen LogP contribution in [0.1, 0.15) is 17.3 Å². The number of hydrogen-bond donors (Lipinski definition) is 0. The second-order valence-electron chi connectivity index (χ2n) is 4.14. The zero-order valence-electron chi connectivity index (χ0n) is 11.8. The van der Waals surface area contributed by atoms with Crippen LogP contribution in [-0.4, -0.2) is 19.7 Å². The molecule has 0 aliphatic rings. The normalized spacial score (nSPS) is 10.0. The van der Waals surface area contributed by atoms with Gasteiger partial charge >= 0.3 is 5.97 Å². The second-order valence-corrected chi connectivity index (χ2v) is 4.14. The Kier molecular flexibility index (Phi) is 4.77. The third-order valence-corrected chi connectivity index (χ3v) is 2.71. The first-order valence-electron chi connectivity index (χ1n) is 6.42. The van der Waals surface area contributed by atoms with E-state index in [4.69, 9.17) is 14.2 Å². The molecular formula is C16H15FO4. The van der Waals surface area contributed by atoms with Crippen molar-refractivity contribution in [2.45, 2.75) is 6.92 Å². The lowest BCUT2D eigenvalue weighted by Crippen LogP contribution is -2.06. The molecule has 110 valence electrons. The quantitative estimate of drug-likeness (QED) is 0.786. The van der Waals surface area contributed by atoms with Gasteiger partial charge in [0.25, 0.3) is 0 Å². The van der Waals surface area contributed by atoms with Gasteiger partial charge < -0.3 is 14.2 Å². The van der Waals surface area contributed by atoms with E-state index in [2.05, 4.69) is 0 Å². The fraction of sp³-hybridized carbons (Fsp3) is 0.188. The average molecular weight is 290 g/mol. The van der Waals surface area contributed by atoms with Crippen LogP contribution in [0.2, 0.25) is 0 Å². The molecule has 4 nitrogen and oxygen atoms in total. The van der Waals surface area contributed by atoms with Crippen LogP contribution in [-0.2, 0) is 4.74 Å². The predicted molar refractivity (Wildman–Crippen MR) is 75.4 cm³/mol. The van der Waals surface area contributed by atoms with Crippen LogP contribution < -0.4 is 9.47 Å². The summed E-state index contributed by atoms with van der Waals surface area (Å²) in [5, 5.41) is 0. The van der Waals surface area contributed by atoms with Crippen molar-refractivity contribution in [1.82, 2.24) is 0 Å². The van der Waals surface area contributed by atoms with Crippen molar-refractivity contribution in [2.24, 2.45) is 0 Å². The summed E-state index contributed by atoms with van der Waals surface area (Å²) in [5.74, 6) is 0.0742. The molecule has 0 heterocycles. The van der Waals surface area contributed by atoms with Crippen molar-refractivity contribution < 1.29 is 23.4 Å². The first kappa shape index (κ1) is 14.8. The molecule has 0 N–H and O–H groups in total. The first-order valence-corrected chi connectivity index (χ1v) is 6.42. The maximum Gasteiger partial charge on any atom is 0.341 e. The number of hydrogen-bond acceptors (Lipinski definition) is 4. The summed E-state index contributed by atoms with van der Waals surface area (Å²) in [6.45, 7) is 1.93. The van der Waals surface area contributed by atoms with Crippen molar-refractivity contribution in [3.8, 4) is 17.2 Å². The number of rotatable bonds is 5. The van der Waals surface area contributed by atoms with Gasteiger partial charge in [0.15, 0.2) is 0 Å². The molecule has 2 aromatic carbocycles.